The van der Waals surface area contributed by atoms with Crippen LogP contribution < -0.4 is 15.4 Å². The molecule has 3 rings (SSSR count). The maximum atomic E-state index is 6.00. The minimum atomic E-state index is 0. The fourth-order valence-electron chi connectivity index (χ4n) is 3.36. The van der Waals surface area contributed by atoms with Crippen molar-refractivity contribution in [1.29, 1.82) is 0 Å². The number of methoxy groups -OCH3 is 1. The van der Waals surface area contributed by atoms with E-state index >= 15 is 0 Å². The van der Waals surface area contributed by atoms with Crippen molar-refractivity contribution in [2.45, 2.75) is 39.9 Å². The molecular weight excluding hydrogens is 541 g/mol. The molecule has 8 heteroatoms. The zero-order chi connectivity index (χ0) is 23.3. The van der Waals surface area contributed by atoms with E-state index in [1.165, 1.54) is 16.7 Å². The molecule has 184 valence electrons. The van der Waals surface area contributed by atoms with E-state index < -0.39 is 0 Å². The lowest BCUT2D eigenvalue weighted by atomic mass is 10.1. The highest BCUT2D eigenvalue weighted by Gasteiger charge is 2.06. The van der Waals surface area contributed by atoms with E-state index in [1.807, 2.05) is 12.5 Å². The third kappa shape index (κ3) is 9.34. The summed E-state index contributed by atoms with van der Waals surface area (Å²) in [5.41, 5.74) is 4.69. The van der Waals surface area contributed by atoms with Crippen LogP contribution in [0.1, 0.15) is 35.6 Å². The van der Waals surface area contributed by atoms with Gasteiger partial charge in [-0.15, -0.1) is 24.0 Å². The van der Waals surface area contributed by atoms with Gasteiger partial charge in [-0.25, -0.2) is 9.98 Å². The van der Waals surface area contributed by atoms with Gasteiger partial charge in [-0.2, -0.15) is 0 Å². The SMILES string of the molecule is CCNC(=NCc1ccc(Cn2ccnc2)cc1)NCc1ccc(C)cc1OCCCOC.I. The molecule has 0 spiro atoms. The number of hydrogen-bond acceptors (Lipinski definition) is 4. The zero-order valence-corrected chi connectivity index (χ0v) is 22.6. The summed E-state index contributed by atoms with van der Waals surface area (Å²) >= 11 is 0. The van der Waals surface area contributed by atoms with Crippen LogP contribution in [0.25, 0.3) is 0 Å². The van der Waals surface area contributed by atoms with E-state index in [1.54, 1.807) is 13.3 Å². The summed E-state index contributed by atoms with van der Waals surface area (Å²) < 4.78 is 13.2. The number of benzene rings is 2. The Morgan fingerprint density at radius 1 is 1.06 bits per heavy atom. The fourth-order valence-corrected chi connectivity index (χ4v) is 3.36. The number of aromatic nitrogens is 2. The minimum Gasteiger partial charge on any atom is -0.493 e. The number of nitrogens with one attached hydrogen (secondary N) is 2. The summed E-state index contributed by atoms with van der Waals surface area (Å²) in [6.07, 6.45) is 6.46. The molecule has 1 aromatic heterocycles. The van der Waals surface area contributed by atoms with E-state index in [2.05, 4.69) is 76.5 Å². The first kappa shape index (κ1) is 27.7. The number of rotatable bonds is 12. The highest BCUT2D eigenvalue weighted by atomic mass is 127. The van der Waals surface area contributed by atoms with Crippen LogP contribution in [0.3, 0.4) is 0 Å². The van der Waals surface area contributed by atoms with Crippen LogP contribution >= 0.6 is 24.0 Å². The highest BCUT2D eigenvalue weighted by molar-refractivity contribution is 14.0. The number of imidazole rings is 1. The second-order valence-corrected chi connectivity index (χ2v) is 7.91. The van der Waals surface area contributed by atoms with Crippen molar-refractivity contribution in [3.8, 4) is 5.75 Å². The summed E-state index contributed by atoms with van der Waals surface area (Å²) in [5, 5.41) is 6.76. The molecule has 0 radical (unpaired) electrons. The van der Waals surface area contributed by atoms with Gasteiger partial charge in [0.2, 0.25) is 0 Å². The van der Waals surface area contributed by atoms with Crippen molar-refractivity contribution in [2.75, 3.05) is 26.9 Å². The lowest BCUT2D eigenvalue weighted by molar-refractivity contribution is 0.171. The van der Waals surface area contributed by atoms with E-state index in [-0.39, 0.29) is 24.0 Å². The van der Waals surface area contributed by atoms with Crippen molar-refractivity contribution in [3.05, 3.63) is 83.4 Å². The van der Waals surface area contributed by atoms with Crippen molar-refractivity contribution < 1.29 is 9.47 Å². The standard InChI is InChI=1S/C26H35N5O2.HI/c1-4-28-26(29-17-22-7-9-23(10-8-22)19-31-13-12-27-20-31)30-18-24-11-6-21(2)16-25(24)33-15-5-14-32-3;/h6-13,16,20H,4-5,14-15,17-19H2,1-3H3,(H2,28,29,30);1H. The number of hydrogen-bond donors (Lipinski definition) is 2. The number of guanidine groups is 1. The summed E-state index contributed by atoms with van der Waals surface area (Å²) in [6.45, 7) is 8.33. The number of aliphatic imine (C=N–C) groups is 1. The molecule has 0 saturated heterocycles. The highest BCUT2D eigenvalue weighted by Crippen LogP contribution is 2.20. The van der Waals surface area contributed by atoms with Gasteiger partial charge in [0.25, 0.3) is 0 Å². The average molecular weight is 578 g/mol. The molecule has 0 unspecified atom stereocenters. The molecule has 3 aromatic rings. The van der Waals surface area contributed by atoms with Gasteiger partial charge in [0, 0.05) is 57.7 Å². The van der Waals surface area contributed by atoms with Gasteiger partial charge in [0.05, 0.1) is 19.5 Å². The first-order chi connectivity index (χ1) is 16.2. The lowest BCUT2D eigenvalue weighted by Crippen LogP contribution is -2.36. The van der Waals surface area contributed by atoms with Gasteiger partial charge in [0.15, 0.2) is 5.96 Å². The molecule has 0 fully saturated rings. The molecule has 0 aliphatic carbocycles. The first-order valence-corrected chi connectivity index (χ1v) is 11.4. The number of nitrogens with zero attached hydrogens (tertiary/aromatic N) is 3. The van der Waals surface area contributed by atoms with Gasteiger partial charge >= 0.3 is 0 Å². The van der Waals surface area contributed by atoms with Gasteiger partial charge in [0.1, 0.15) is 5.75 Å². The summed E-state index contributed by atoms with van der Waals surface area (Å²) in [6, 6.07) is 14.8. The van der Waals surface area contributed by atoms with E-state index in [4.69, 9.17) is 14.5 Å². The predicted molar refractivity (Wildman–Crippen MR) is 148 cm³/mol. The number of halogens is 1. The molecule has 0 atom stereocenters. The molecule has 34 heavy (non-hydrogen) atoms. The van der Waals surface area contributed by atoms with Crippen LogP contribution in [0.2, 0.25) is 0 Å². The van der Waals surface area contributed by atoms with E-state index in [0.717, 1.165) is 36.8 Å². The maximum Gasteiger partial charge on any atom is 0.191 e. The van der Waals surface area contributed by atoms with E-state index in [9.17, 15) is 0 Å². The van der Waals surface area contributed by atoms with Crippen molar-refractivity contribution in [1.82, 2.24) is 20.2 Å². The monoisotopic (exact) mass is 577 g/mol. The van der Waals surface area contributed by atoms with Gasteiger partial charge in [-0.1, -0.05) is 36.4 Å². The molecule has 0 saturated carbocycles. The smallest absolute Gasteiger partial charge is 0.191 e. The second-order valence-electron chi connectivity index (χ2n) is 7.91. The van der Waals surface area contributed by atoms with Crippen LogP contribution in [0.5, 0.6) is 5.75 Å². The molecule has 0 aliphatic heterocycles. The molecule has 0 bridgehead atoms. The van der Waals surface area contributed by atoms with Crippen LogP contribution in [-0.4, -0.2) is 42.4 Å². The Hall–Kier alpha value is -2.59. The quantitative estimate of drug-likeness (QED) is 0.143. The Balaban J connectivity index is 0.00000408. The Kier molecular flexibility index (Phi) is 12.5. The van der Waals surface area contributed by atoms with Crippen LogP contribution in [0.4, 0.5) is 0 Å². The summed E-state index contributed by atoms with van der Waals surface area (Å²) in [5.74, 6) is 1.69. The first-order valence-electron chi connectivity index (χ1n) is 11.4. The Labute approximate surface area is 220 Å². The van der Waals surface area contributed by atoms with Gasteiger partial charge in [-0.3, -0.25) is 0 Å². The molecule has 1 heterocycles. The third-order valence-electron chi connectivity index (χ3n) is 5.13. The molecular formula is C26H36IN5O2. The molecule has 0 amide bonds. The lowest BCUT2D eigenvalue weighted by Gasteiger charge is -2.15. The molecule has 2 aromatic carbocycles. The van der Waals surface area contributed by atoms with Crippen molar-refractivity contribution in [3.63, 3.8) is 0 Å². The van der Waals surface area contributed by atoms with Crippen LogP contribution in [0.15, 0.2) is 66.2 Å². The normalized spacial score (nSPS) is 11.1. The van der Waals surface area contributed by atoms with E-state index in [0.29, 0.717) is 26.3 Å². The zero-order valence-electron chi connectivity index (χ0n) is 20.3. The Bertz CT molecular complexity index is 991. The summed E-state index contributed by atoms with van der Waals surface area (Å²) in [4.78, 5) is 8.85. The Morgan fingerprint density at radius 3 is 2.56 bits per heavy atom. The maximum absolute atomic E-state index is 6.00. The second kappa shape index (κ2) is 15.3. The number of aryl methyl sites for hydroxylation is 1. The topological polar surface area (TPSA) is 72.7 Å². The minimum absolute atomic E-state index is 0. The van der Waals surface area contributed by atoms with Crippen molar-refractivity contribution >= 4 is 29.9 Å². The average Bonchev–Trinajstić information content (AvgIpc) is 3.33. The fraction of sp³-hybridized carbons (Fsp3) is 0.385. The third-order valence-corrected chi connectivity index (χ3v) is 5.13. The van der Waals surface area contributed by atoms with Crippen LogP contribution in [0, 0.1) is 6.92 Å². The molecule has 7 nitrogen and oxygen atoms in total. The molecule has 2 N–H and O–H groups in total. The molecule has 0 aliphatic rings. The predicted octanol–water partition coefficient (Wildman–Crippen LogP) is 4.53. The largest absolute Gasteiger partial charge is 0.493 e. The van der Waals surface area contributed by atoms with Crippen molar-refractivity contribution in [2.24, 2.45) is 4.99 Å². The summed E-state index contributed by atoms with van der Waals surface area (Å²) in [7, 11) is 1.71. The van der Waals surface area contributed by atoms with Gasteiger partial charge in [-0.05, 0) is 36.6 Å². The number of ether oxygens (including phenoxy) is 2. The Morgan fingerprint density at radius 2 is 1.85 bits per heavy atom. The van der Waals surface area contributed by atoms with Gasteiger partial charge < -0.3 is 24.7 Å². The van der Waals surface area contributed by atoms with Crippen LogP contribution in [-0.2, 0) is 24.4 Å².